The van der Waals surface area contributed by atoms with Gasteiger partial charge in [-0.15, -0.1) is 0 Å². The summed E-state index contributed by atoms with van der Waals surface area (Å²) in [5.41, 5.74) is 0.452. The fourth-order valence-corrected chi connectivity index (χ4v) is 3.21. The molecular formula is C16H16N2O3. The van der Waals surface area contributed by atoms with E-state index in [2.05, 4.69) is 6.07 Å². The lowest BCUT2D eigenvalue weighted by molar-refractivity contribution is -0.140. The van der Waals surface area contributed by atoms with Gasteiger partial charge < -0.3 is 4.74 Å². The number of likely N-dealkylation sites (tertiary alicyclic amines) is 1. The minimum atomic E-state index is -0.108. The number of fused-ring (bicyclic) bond motifs is 1. The Labute approximate surface area is 123 Å². The number of nitrogens with zero attached hydrogens (tertiary/aromatic N) is 2. The molecule has 1 heterocycles. The molecule has 1 aromatic rings. The molecule has 3 rings (SSSR count). The van der Waals surface area contributed by atoms with Crippen LogP contribution >= 0.6 is 0 Å². The monoisotopic (exact) mass is 284 g/mol. The van der Waals surface area contributed by atoms with Gasteiger partial charge in [-0.2, -0.15) is 5.26 Å². The molecule has 0 N–H and O–H groups in total. The molecule has 0 spiro atoms. The van der Waals surface area contributed by atoms with Crippen molar-refractivity contribution in [3.8, 4) is 11.8 Å². The van der Waals surface area contributed by atoms with Gasteiger partial charge >= 0.3 is 0 Å². The third kappa shape index (κ3) is 2.38. The number of amides is 2. The van der Waals surface area contributed by atoms with Crippen LogP contribution in [0.1, 0.15) is 24.8 Å². The molecule has 2 unspecified atom stereocenters. The molecule has 1 aliphatic carbocycles. The summed E-state index contributed by atoms with van der Waals surface area (Å²) in [7, 11) is 0. The maximum Gasteiger partial charge on any atom is 0.233 e. The third-order valence-corrected chi connectivity index (χ3v) is 4.26. The van der Waals surface area contributed by atoms with Gasteiger partial charge in [-0.25, -0.2) is 0 Å². The van der Waals surface area contributed by atoms with E-state index in [-0.39, 0.29) is 36.8 Å². The zero-order valence-electron chi connectivity index (χ0n) is 11.6. The molecule has 5 nitrogen and oxygen atoms in total. The zero-order valence-corrected chi connectivity index (χ0v) is 11.6. The Morgan fingerprint density at radius 1 is 1.19 bits per heavy atom. The zero-order chi connectivity index (χ0) is 14.8. The van der Waals surface area contributed by atoms with Gasteiger partial charge in [0.15, 0.2) is 0 Å². The first kappa shape index (κ1) is 13.6. The van der Waals surface area contributed by atoms with E-state index in [1.165, 1.54) is 4.90 Å². The highest BCUT2D eigenvalue weighted by atomic mass is 16.5. The highest BCUT2D eigenvalue weighted by molar-refractivity contribution is 6.05. The van der Waals surface area contributed by atoms with Crippen LogP contribution in [0.4, 0.5) is 0 Å². The van der Waals surface area contributed by atoms with E-state index in [1.54, 1.807) is 24.3 Å². The van der Waals surface area contributed by atoms with E-state index in [0.29, 0.717) is 11.3 Å². The van der Waals surface area contributed by atoms with Gasteiger partial charge in [0, 0.05) is 0 Å². The second kappa shape index (κ2) is 5.57. The van der Waals surface area contributed by atoms with Crippen molar-refractivity contribution < 1.29 is 14.3 Å². The summed E-state index contributed by atoms with van der Waals surface area (Å²) in [6.45, 7) is 0.472. The predicted octanol–water partition coefficient (Wildman–Crippen LogP) is 1.72. The first-order chi connectivity index (χ1) is 10.2. The Morgan fingerprint density at radius 2 is 1.86 bits per heavy atom. The lowest BCUT2D eigenvalue weighted by atomic mass is 10.00. The number of benzene rings is 1. The van der Waals surface area contributed by atoms with Crippen molar-refractivity contribution in [3.05, 3.63) is 29.8 Å². The number of ether oxygens (including phenoxy) is 1. The van der Waals surface area contributed by atoms with E-state index < -0.39 is 0 Å². The van der Waals surface area contributed by atoms with Crippen LogP contribution in [0.2, 0.25) is 0 Å². The maximum atomic E-state index is 12.2. The van der Waals surface area contributed by atoms with Gasteiger partial charge in [-0.3, -0.25) is 14.5 Å². The van der Waals surface area contributed by atoms with Crippen molar-refractivity contribution in [3.63, 3.8) is 0 Å². The SMILES string of the molecule is N#Cc1ccccc1OCCN1C(=O)C2CCCC2C1=O. The predicted molar refractivity (Wildman–Crippen MR) is 74.2 cm³/mol. The van der Waals surface area contributed by atoms with Crippen molar-refractivity contribution in [1.82, 2.24) is 4.90 Å². The minimum Gasteiger partial charge on any atom is -0.490 e. The minimum absolute atomic E-state index is 0.0559. The number of para-hydroxylation sites is 1. The summed E-state index contributed by atoms with van der Waals surface area (Å²) in [4.78, 5) is 25.6. The number of rotatable bonds is 4. The van der Waals surface area contributed by atoms with Crippen molar-refractivity contribution >= 4 is 11.8 Å². The van der Waals surface area contributed by atoms with E-state index >= 15 is 0 Å². The molecule has 2 amide bonds. The summed E-state index contributed by atoms with van der Waals surface area (Å²) in [6, 6.07) is 8.98. The lowest BCUT2D eigenvalue weighted by Crippen LogP contribution is -2.35. The molecule has 108 valence electrons. The summed E-state index contributed by atoms with van der Waals surface area (Å²) in [5, 5.41) is 8.97. The van der Waals surface area contributed by atoms with Crippen LogP contribution in [0.3, 0.4) is 0 Å². The quantitative estimate of drug-likeness (QED) is 0.789. The van der Waals surface area contributed by atoms with Gasteiger partial charge in [0.1, 0.15) is 18.4 Å². The van der Waals surface area contributed by atoms with Crippen LogP contribution < -0.4 is 4.74 Å². The molecule has 1 aliphatic heterocycles. The van der Waals surface area contributed by atoms with Crippen LogP contribution in [0, 0.1) is 23.2 Å². The second-order valence-electron chi connectivity index (χ2n) is 5.43. The molecule has 5 heteroatoms. The molecule has 0 aromatic heterocycles. The Hall–Kier alpha value is -2.35. The van der Waals surface area contributed by atoms with Gasteiger partial charge in [0.2, 0.25) is 11.8 Å². The Bertz CT molecular complexity index is 598. The van der Waals surface area contributed by atoms with Gasteiger partial charge in [0.25, 0.3) is 0 Å². The molecule has 2 fully saturated rings. The first-order valence-electron chi connectivity index (χ1n) is 7.19. The summed E-state index contributed by atoms with van der Waals surface area (Å²) in [6.07, 6.45) is 2.61. The fourth-order valence-electron chi connectivity index (χ4n) is 3.21. The number of carbonyl (C=O) groups is 2. The normalized spacial score (nSPS) is 24.0. The number of hydrogen-bond donors (Lipinski definition) is 0. The largest absolute Gasteiger partial charge is 0.490 e. The summed E-state index contributed by atoms with van der Waals surface area (Å²) in [5.74, 6) is 0.159. The third-order valence-electron chi connectivity index (χ3n) is 4.26. The number of hydrogen-bond acceptors (Lipinski definition) is 4. The number of nitriles is 1. The summed E-state index contributed by atoms with van der Waals surface area (Å²) >= 11 is 0. The van der Waals surface area contributed by atoms with E-state index in [1.807, 2.05) is 0 Å². The van der Waals surface area contributed by atoms with Crippen LogP contribution in [0.15, 0.2) is 24.3 Å². The van der Waals surface area contributed by atoms with Gasteiger partial charge in [-0.05, 0) is 25.0 Å². The van der Waals surface area contributed by atoms with Gasteiger partial charge in [-0.1, -0.05) is 18.6 Å². The highest BCUT2D eigenvalue weighted by Gasteiger charge is 2.49. The average Bonchev–Trinajstić information content (AvgIpc) is 3.07. The lowest BCUT2D eigenvalue weighted by Gasteiger charge is -2.16. The molecule has 21 heavy (non-hydrogen) atoms. The molecule has 1 saturated heterocycles. The van der Waals surface area contributed by atoms with E-state index in [0.717, 1.165) is 19.3 Å². The van der Waals surface area contributed by atoms with Crippen molar-refractivity contribution in [2.24, 2.45) is 11.8 Å². The molecule has 2 aliphatic rings. The van der Waals surface area contributed by atoms with Crippen LogP contribution in [0.25, 0.3) is 0 Å². The van der Waals surface area contributed by atoms with Gasteiger partial charge in [0.05, 0.1) is 23.9 Å². The van der Waals surface area contributed by atoms with E-state index in [4.69, 9.17) is 10.00 Å². The molecule has 0 bridgehead atoms. The molecule has 1 saturated carbocycles. The van der Waals surface area contributed by atoms with Crippen molar-refractivity contribution in [2.45, 2.75) is 19.3 Å². The van der Waals surface area contributed by atoms with E-state index in [9.17, 15) is 9.59 Å². The fraction of sp³-hybridized carbons (Fsp3) is 0.438. The van der Waals surface area contributed by atoms with Crippen LogP contribution in [0.5, 0.6) is 5.75 Å². The Balaban J connectivity index is 1.60. The maximum absolute atomic E-state index is 12.2. The Kier molecular flexibility index (Phi) is 3.61. The molecule has 0 radical (unpaired) electrons. The smallest absolute Gasteiger partial charge is 0.233 e. The molecule has 1 aromatic carbocycles. The summed E-state index contributed by atoms with van der Waals surface area (Å²) < 4.78 is 5.54. The topological polar surface area (TPSA) is 70.4 Å². The van der Waals surface area contributed by atoms with Crippen LogP contribution in [-0.4, -0.2) is 29.9 Å². The van der Waals surface area contributed by atoms with Crippen molar-refractivity contribution in [2.75, 3.05) is 13.2 Å². The molecular weight excluding hydrogens is 268 g/mol. The highest BCUT2D eigenvalue weighted by Crippen LogP contribution is 2.39. The van der Waals surface area contributed by atoms with Crippen molar-refractivity contribution in [1.29, 1.82) is 5.26 Å². The Morgan fingerprint density at radius 3 is 2.52 bits per heavy atom. The standard InChI is InChI=1S/C16H16N2O3/c17-10-11-4-1-2-7-14(11)21-9-8-18-15(19)12-5-3-6-13(12)16(18)20/h1-2,4,7,12-13H,3,5-6,8-9H2. The average molecular weight is 284 g/mol. The molecule has 2 atom stereocenters. The second-order valence-corrected chi connectivity index (χ2v) is 5.43. The first-order valence-corrected chi connectivity index (χ1v) is 7.19. The number of imide groups is 1. The van der Waals surface area contributed by atoms with Crippen LogP contribution in [-0.2, 0) is 9.59 Å². The number of carbonyl (C=O) groups excluding carboxylic acids is 2.